The molecule has 7 nitrogen and oxygen atoms in total. The highest BCUT2D eigenvalue weighted by atomic mass is 19.4. The van der Waals surface area contributed by atoms with Crippen molar-refractivity contribution >= 4 is 28.8 Å². The Hall–Kier alpha value is -3.43. The van der Waals surface area contributed by atoms with Crippen LogP contribution in [0.4, 0.5) is 18.9 Å². The van der Waals surface area contributed by atoms with E-state index in [-0.39, 0.29) is 23.4 Å². The molecule has 2 aromatic heterocycles. The molecule has 1 aliphatic rings. The molecule has 0 radical (unpaired) electrons. The number of phenols is 1. The molecule has 1 fully saturated rings. The van der Waals surface area contributed by atoms with Gasteiger partial charge in [-0.15, -0.1) is 0 Å². The molecule has 2 N–H and O–H groups in total. The molecule has 2 heterocycles. The van der Waals surface area contributed by atoms with Crippen LogP contribution in [0.2, 0.25) is 0 Å². The number of anilines is 1. The van der Waals surface area contributed by atoms with E-state index in [2.05, 4.69) is 15.4 Å². The van der Waals surface area contributed by atoms with E-state index in [0.29, 0.717) is 10.9 Å². The smallest absolute Gasteiger partial charge is 0.433 e. The molecule has 0 bridgehead atoms. The van der Waals surface area contributed by atoms with E-state index in [0.717, 1.165) is 50.2 Å². The lowest BCUT2D eigenvalue weighted by Gasteiger charge is -2.25. The van der Waals surface area contributed by atoms with E-state index in [1.54, 1.807) is 10.9 Å². The summed E-state index contributed by atoms with van der Waals surface area (Å²) in [6, 6.07) is 6.06. The maximum absolute atomic E-state index is 12.8. The Morgan fingerprint density at radius 2 is 1.94 bits per heavy atom. The summed E-state index contributed by atoms with van der Waals surface area (Å²) in [6.07, 6.45) is 1.32. The Labute approximate surface area is 174 Å². The van der Waals surface area contributed by atoms with Crippen LogP contribution in [0, 0.1) is 5.92 Å². The summed E-state index contributed by atoms with van der Waals surface area (Å²) in [5, 5.41) is 17.8. The van der Waals surface area contributed by atoms with E-state index in [4.69, 9.17) is 0 Å². The van der Waals surface area contributed by atoms with Crippen molar-refractivity contribution in [2.45, 2.75) is 37.9 Å². The van der Waals surface area contributed by atoms with Gasteiger partial charge in [0, 0.05) is 23.6 Å². The minimum absolute atomic E-state index is 0.0425. The first-order valence-corrected chi connectivity index (χ1v) is 9.77. The van der Waals surface area contributed by atoms with Gasteiger partial charge in [0.2, 0.25) is 0 Å². The van der Waals surface area contributed by atoms with E-state index in [9.17, 15) is 27.9 Å². The van der Waals surface area contributed by atoms with Gasteiger partial charge in [-0.3, -0.25) is 9.48 Å². The number of benzene rings is 1. The van der Waals surface area contributed by atoms with Gasteiger partial charge in [-0.05, 0) is 43.9 Å². The molecular formula is C21H19F3N4O3. The Balaban J connectivity index is 1.55. The molecule has 162 valence electrons. The van der Waals surface area contributed by atoms with Gasteiger partial charge in [0.1, 0.15) is 23.4 Å². The minimum Gasteiger partial charge on any atom is -0.506 e. The van der Waals surface area contributed by atoms with Crippen molar-refractivity contribution in [3.63, 3.8) is 0 Å². The summed E-state index contributed by atoms with van der Waals surface area (Å²) >= 11 is 0. The number of nitrogens with zero attached hydrogens (tertiary/aromatic N) is 3. The number of carbonyl (C=O) groups excluding carboxylic acids is 2. The quantitative estimate of drug-likeness (QED) is 0.472. The average molecular weight is 432 g/mol. The van der Waals surface area contributed by atoms with Crippen molar-refractivity contribution in [2.75, 3.05) is 5.32 Å². The molecule has 0 saturated heterocycles. The third-order valence-electron chi connectivity index (χ3n) is 5.47. The van der Waals surface area contributed by atoms with Crippen LogP contribution in [-0.2, 0) is 11.0 Å². The van der Waals surface area contributed by atoms with Gasteiger partial charge in [-0.1, -0.05) is 6.07 Å². The van der Waals surface area contributed by atoms with Gasteiger partial charge < -0.3 is 15.2 Å². The summed E-state index contributed by atoms with van der Waals surface area (Å²) in [7, 11) is 0. The zero-order chi connectivity index (χ0) is 22.2. The van der Waals surface area contributed by atoms with Gasteiger partial charge in [0.05, 0.1) is 17.2 Å². The minimum atomic E-state index is -4.67. The lowest BCUT2D eigenvalue weighted by molar-refractivity contribution is -0.141. The lowest BCUT2D eigenvalue weighted by Crippen LogP contribution is -2.19. The highest BCUT2D eigenvalue weighted by Gasteiger charge is 2.33. The molecule has 3 aromatic rings. The number of aromatic hydroxyl groups is 1. The predicted molar refractivity (Wildman–Crippen MR) is 106 cm³/mol. The fourth-order valence-electron chi connectivity index (χ4n) is 3.77. The second-order valence-corrected chi connectivity index (χ2v) is 7.60. The first-order chi connectivity index (χ1) is 14.7. The summed E-state index contributed by atoms with van der Waals surface area (Å²) in [4.78, 5) is 26.7. The summed E-state index contributed by atoms with van der Waals surface area (Å²) in [5.41, 5.74) is -1.03. The zero-order valence-electron chi connectivity index (χ0n) is 16.3. The highest BCUT2D eigenvalue weighted by Crippen LogP contribution is 2.34. The van der Waals surface area contributed by atoms with E-state index in [1.807, 2.05) is 0 Å². The van der Waals surface area contributed by atoms with Crippen LogP contribution < -0.4 is 5.32 Å². The van der Waals surface area contributed by atoms with Crippen LogP contribution >= 0.6 is 0 Å². The third kappa shape index (κ3) is 4.37. The maximum atomic E-state index is 12.8. The normalized spacial score (nSPS) is 19.3. The number of rotatable bonds is 4. The molecule has 0 spiro atoms. The first-order valence-electron chi connectivity index (χ1n) is 9.77. The predicted octanol–water partition coefficient (Wildman–Crippen LogP) is 4.34. The monoisotopic (exact) mass is 432 g/mol. The number of hydrogen-bond donors (Lipinski definition) is 2. The molecule has 4 rings (SSSR count). The second kappa shape index (κ2) is 8.01. The topological polar surface area (TPSA) is 97.1 Å². The molecule has 1 aromatic carbocycles. The van der Waals surface area contributed by atoms with Crippen molar-refractivity contribution in [2.24, 2.45) is 5.92 Å². The number of phenolic OH excluding ortho intramolecular Hbond substituents is 1. The van der Waals surface area contributed by atoms with Crippen molar-refractivity contribution in [1.82, 2.24) is 14.8 Å². The van der Waals surface area contributed by atoms with Crippen LogP contribution in [0.15, 0.2) is 36.5 Å². The first kappa shape index (κ1) is 20.8. The fourth-order valence-corrected chi connectivity index (χ4v) is 3.77. The molecular weight excluding hydrogens is 413 g/mol. The van der Waals surface area contributed by atoms with Crippen molar-refractivity contribution < 1.29 is 27.9 Å². The van der Waals surface area contributed by atoms with E-state index < -0.39 is 23.5 Å². The number of hydrogen-bond acceptors (Lipinski definition) is 5. The number of nitrogens with one attached hydrogen (secondary N) is 1. The Morgan fingerprint density at radius 1 is 1.19 bits per heavy atom. The number of pyridine rings is 1. The number of fused-ring (bicyclic) bond motifs is 1. The molecule has 0 aliphatic heterocycles. The van der Waals surface area contributed by atoms with Crippen LogP contribution in [0.25, 0.3) is 10.9 Å². The van der Waals surface area contributed by atoms with Crippen molar-refractivity contribution in [1.29, 1.82) is 0 Å². The highest BCUT2D eigenvalue weighted by molar-refractivity contribution is 6.05. The number of carbonyl (C=O) groups is 2. The number of halogens is 3. The lowest BCUT2D eigenvalue weighted by atomic mass is 9.87. The van der Waals surface area contributed by atoms with Crippen LogP contribution in [0.1, 0.15) is 47.9 Å². The van der Waals surface area contributed by atoms with Crippen LogP contribution in [0.5, 0.6) is 5.75 Å². The molecule has 0 atom stereocenters. The number of aromatic nitrogens is 3. The molecule has 31 heavy (non-hydrogen) atoms. The molecule has 1 saturated carbocycles. The Morgan fingerprint density at radius 3 is 2.61 bits per heavy atom. The van der Waals surface area contributed by atoms with E-state index >= 15 is 0 Å². The average Bonchev–Trinajstić information content (AvgIpc) is 3.16. The van der Waals surface area contributed by atoms with Gasteiger partial charge in [-0.25, -0.2) is 4.98 Å². The second-order valence-electron chi connectivity index (χ2n) is 7.60. The standard InChI is InChI=1S/C21H19F3N4O3/c22-21(23,24)19-3-1-2-15(25-19)20(31)26-17-8-13-10-28(27-16(13)9-18(17)30)14-6-4-12(11-29)5-7-14/h1-3,8-12,14,30H,4-7H2,(H,26,31). The van der Waals surface area contributed by atoms with Crippen molar-refractivity contribution in [3.8, 4) is 5.75 Å². The third-order valence-corrected chi connectivity index (χ3v) is 5.47. The summed E-state index contributed by atoms with van der Waals surface area (Å²) in [6.45, 7) is 0. The number of alkyl halides is 3. The summed E-state index contributed by atoms with van der Waals surface area (Å²) in [5.74, 6) is -1.06. The van der Waals surface area contributed by atoms with Gasteiger partial charge in [-0.2, -0.15) is 18.3 Å². The number of amides is 1. The van der Waals surface area contributed by atoms with E-state index in [1.165, 1.54) is 12.1 Å². The van der Waals surface area contributed by atoms with Crippen molar-refractivity contribution in [3.05, 3.63) is 47.9 Å². The van der Waals surface area contributed by atoms with Gasteiger partial charge in [0.15, 0.2) is 0 Å². The Kier molecular flexibility index (Phi) is 5.38. The zero-order valence-corrected chi connectivity index (χ0v) is 16.3. The number of aldehydes is 1. The van der Waals surface area contributed by atoms with Gasteiger partial charge >= 0.3 is 6.18 Å². The SMILES string of the molecule is O=CC1CCC(n2cc3cc(NC(=O)c4cccc(C(F)(F)F)n4)c(O)cc3n2)CC1. The van der Waals surface area contributed by atoms with Crippen LogP contribution in [-0.4, -0.2) is 32.1 Å². The maximum Gasteiger partial charge on any atom is 0.433 e. The Bertz CT molecular complexity index is 1130. The van der Waals surface area contributed by atoms with Crippen LogP contribution in [0.3, 0.4) is 0 Å². The molecule has 1 aliphatic carbocycles. The summed E-state index contributed by atoms with van der Waals surface area (Å²) < 4.78 is 40.3. The molecule has 1 amide bonds. The van der Waals surface area contributed by atoms with Gasteiger partial charge in [0.25, 0.3) is 5.91 Å². The molecule has 0 unspecified atom stereocenters. The fraction of sp³-hybridized carbons (Fsp3) is 0.333. The largest absolute Gasteiger partial charge is 0.506 e. The molecule has 10 heteroatoms.